The second-order valence-electron chi connectivity index (χ2n) is 3.31. The van der Waals surface area contributed by atoms with Crippen molar-refractivity contribution in [2.45, 2.75) is 26.1 Å². The molecule has 0 saturated heterocycles. The van der Waals surface area contributed by atoms with Gasteiger partial charge in [0.05, 0.1) is 6.10 Å². The molecule has 0 saturated carbocycles. The van der Waals surface area contributed by atoms with Crippen LogP contribution in [0, 0.1) is 0 Å². The van der Waals surface area contributed by atoms with E-state index in [1.165, 1.54) is 0 Å². The number of hydrogen-bond donors (Lipinski definition) is 1. The summed E-state index contributed by atoms with van der Waals surface area (Å²) in [7, 11) is 0. The first kappa shape index (κ1) is 10.8. The van der Waals surface area contributed by atoms with Gasteiger partial charge in [0, 0.05) is 0 Å². The van der Waals surface area contributed by atoms with Crippen LogP contribution in [0.4, 0.5) is 0 Å². The average Bonchev–Trinajstić information content (AvgIpc) is 2.18. The Labute approximate surface area is 84.8 Å². The predicted molar refractivity (Wildman–Crippen MR) is 57.4 cm³/mol. The van der Waals surface area contributed by atoms with Crippen LogP contribution in [0.2, 0.25) is 0 Å². The van der Waals surface area contributed by atoms with Crippen LogP contribution in [0.1, 0.15) is 25.5 Å². The van der Waals surface area contributed by atoms with Crippen LogP contribution in [0.5, 0.6) is 5.75 Å². The zero-order chi connectivity index (χ0) is 10.6. The number of rotatable bonds is 4. The topological polar surface area (TPSA) is 29.5 Å². The largest absolute Gasteiger partial charge is 0.487 e. The third-order valence-corrected chi connectivity index (χ3v) is 1.99. The van der Waals surface area contributed by atoms with Crippen LogP contribution >= 0.6 is 0 Å². The van der Waals surface area contributed by atoms with Gasteiger partial charge >= 0.3 is 0 Å². The Balaban J connectivity index is 2.78. The third kappa shape index (κ3) is 2.89. The molecule has 0 bridgehead atoms. The number of benzene rings is 1. The number of ether oxygens (including phenoxy) is 1. The zero-order valence-corrected chi connectivity index (χ0v) is 8.60. The molecule has 1 rings (SSSR count). The minimum Gasteiger partial charge on any atom is -0.487 e. The molecular weight excluding hydrogens is 176 g/mol. The highest BCUT2D eigenvalue weighted by Gasteiger charge is 2.03. The molecule has 0 radical (unpaired) electrons. The Morgan fingerprint density at radius 1 is 1.43 bits per heavy atom. The van der Waals surface area contributed by atoms with Crippen molar-refractivity contribution in [3.8, 4) is 5.75 Å². The number of hydrogen-bond acceptors (Lipinski definition) is 2. The highest BCUT2D eigenvalue weighted by atomic mass is 16.5. The second-order valence-corrected chi connectivity index (χ2v) is 3.31. The normalized spacial score (nSPS) is 14.5. The SMILES string of the molecule is C=CC(C)Oc1cccc(C(C)O)c1. The van der Waals surface area contributed by atoms with Crippen molar-refractivity contribution < 1.29 is 9.84 Å². The molecule has 0 amide bonds. The molecule has 1 aromatic rings. The number of aliphatic hydroxyl groups is 1. The van der Waals surface area contributed by atoms with Gasteiger partial charge in [-0.25, -0.2) is 0 Å². The van der Waals surface area contributed by atoms with E-state index in [2.05, 4.69) is 6.58 Å². The summed E-state index contributed by atoms with van der Waals surface area (Å²) >= 11 is 0. The van der Waals surface area contributed by atoms with E-state index in [1.807, 2.05) is 31.2 Å². The third-order valence-electron chi connectivity index (χ3n) is 1.99. The molecule has 0 aliphatic rings. The summed E-state index contributed by atoms with van der Waals surface area (Å²) in [6.07, 6.45) is 1.26. The monoisotopic (exact) mass is 192 g/mol. The van der Waals surface area contributed by atoms with Crippen LogP contribution in [0.15, 0.2) is 36.9 Å². The molecule has 2 nitrogen and oxygen atoms in total. The molecule has 2 heteroatoms. The molecule has 0 aliphatic heterocycles. The minimum absolute atomic E-state index is 0.0146. The maximum Gasteiger partial charge on any atom is 0.120 e. The van der Waals surface area contributed by atoms with Gasteiger partial charge in [0.25, 0.3) is 0 Å². The highest BCUT2D eigenvalue weighted by Crippen LogP contribution is 2.19. The lowest BCUT2D eigenvalue weighted by molar-refractivity contribution is 0.198. The summed E-state index contributed by atoms with van der Waals surface area (Å²) in [6.45, 7) is 7.29. The van der Waals surface area contributed by atoms with Gasteiger partial charge in [-0.3, -0.25) is 0 Å². The van der Waals surface area contributed by atoms with E-state index in [1.54, 1.807) is 13.0 Å². The van der Waals surface area contributed by atoms with Crippen LogP contribution in [-0.4, -0.2) is 11.2 Å². The first-order valence-electron chi connectivity index (χ1n) is 4.70. The fourth-order valence-corrected chi connectivity index (χ4v) is 1.11. The molecule has 0 spiro atoms. The van der Waals surface area contributed by atoms with Crippen molar-refractivity contribution in [2.75, 3.05) is 0 Å². The summed E-state index contributed by atoms with van der Waals surface area (Å²) in [5.74, 6) is 0.760. The van der Waals surface area contributed by atoms with Gasteiger partial charge < -0.3 is 9.84 Å². The first-order valence-corrected chi connectivity index (χ1v) is 4.70. The number of aliphatic hydroxyl groups excluding tert-OH is 1. The van der Waals surface area contributed by atoms with E-state index in [4.69, 9.17) is 4.74 Å². The van der Waals surface area contributed by atoms with Crippen molar-refractivity contribution in [3.63, 3.8) is 0 Å². The molecule has 0 fully saturated rings. The minimum atomic E-state index is -0.461. The predicted octanol–water partition coefficient (Wildman–Crippen LogP) is 2.69. The van der Waals surface area contributed by atoms with Crippen molar-refractivity contribution in [3.05, 3.63) is 42.5 Å². The summed E-state index contributed by atoms with van der Waals surface area (Å²) in [5.41, 5.74) is 0.860. The molecule has 0 aromatic heterocycles. The molecule has 2 atom stereocenters. The standard InChI is InChI=1S/C12H16O2/c1-4-9(2)14-12-7-5-6-11(8-12)10(3)13/h4-10,13H,1H2,2-3H3. The Kier molecular flexibility index (Phi) is 3.72. The van der Waals surface area contributed by atoms with Crippen LogP contribution in [-0.2, 0) is 0 Å². The molecule has 0 heterocycles. The first-order chi connectivity index (χ1) is 6.63. The van der Waals surface area contributed by atoms with Gasteiger partial charge in [-0.05, 0) is 31.5 Å². The Bertz CT molecular complexity index is 305. The maximum atomic E-state index is 9.36. The van der Waals surface area contributed by atoms with Gasteiger partial charge in [-0.1, -0.05) is 24.8 Å². The quantitative estimate of drug-likeness (QED) is 0.743. The Morgan fingerprint density at radius 3 is 2.71 bits per heavy atom. The second kappa shape index (κ2) is 4.82. The molecule has 0 aliphatic carbocycles. The van der Waals surface area contributed by atoms with Crippen molar-refractivity contribution in [1.29, 1.82) is 0 Å². The van der Waals surface area contributed by atoms with Gasteiger partial charge in [0.1, 0.15) is 11.9 Å². The molecule has 1 aromatic carbocycles. The van der Waals surface area contributed by atoms with E-state index < -0.39 is 6.10 Å². The fraction of sp³-hybridized carbons (Fsp3) is 0.333. The van der Waals surface area contributed by atoms with Crippen LogP contribution < -0.4 is 4.74 Å². The lowest BCUT2D eigenvalue weighted by Gasteiger charge is -2.12. The smallest absolute Gasteiger partial charge is 0.120 e. The molecular formula is C12H16O2. The maximum absolute atomic E-state index is 9.36. The van der Waals surface area contributed by atoms with Gasteiger partial charge in [-0.15, -0.1) is 0 Å². The van der Waals surface area contributed by atoms with Crippen LogP contribution in [0.3, 0.4) is 0 Å². The van der Waals surface area contributed by atoms with E-state index in [0.717, 1.165) is 11.3 Å². The molecule has 76 valence electrons. The molecule has 2 unspecified atom stereocenters. The van der Waals surface area contributed by atoms with Gasteiger partial charge in [0.15, 0.2) is 0 Å². The molecule has 1 N–H and O–H groups in total. The molecule has 14 heavy (non-hydrogen) atoms. The average molecular weight is 192 g/mol. The van der Waals surface area contributed by atoms with E-state index >= 15 is 0 Å². The van der Waals surface area contributed by atoms with E-state index in [-0.39, 0.29) is 6.10 Å². The van der Waals surface area contributed by atoms with E-state index in [0.29, 0.717) is 0 Å². The lowest BCUT2D eigenvalue weighted by Crippen LogP contribution is -2.07. The Morgan fingerprint density at radius 2 is 2.14 bits per heavy atom. The zero-order valence-electron chi connectivity index (χ0n) is 8.60. The summed E-state index contributed by atoms with van der Waals surface area (Å²) < 4.78 is 5.53. The van der Waals surface area contributed by atoms with Gasteiger partial charge in [-0.2, -0.15) is 0 Å². The van der Waals surface area contributed by atoms with Gasteiger partial charge in [0.2, 0.25) is 0 Å². The van der Waals surface area contributed by atoms with Crippen molar-refractivity contribution in [2.24, 2.45) is 0 Å². The summed E-state index contributed by atoms with van der Waals surface area (Å²) in [6, 6.07) is 7.44. The lowest BCUT2D eigenvalue weighted by atomic mass is 10.1. The summed E-state index contributed by atoms with van der Waals surface area (Å²) in [5, 5.41) is 9.36. The van der Waals surface area contributed by atoms with E-state index in [9.17, 15) is 5.11 Å². The summed E-state index contributed by atoms with van der Waals surface area (Å²) in [4.78, 5) is 0. The Hall–Kier alpha value is -1.28. The van der Waals surface area contributed by atoms with Crippen LogP contribution in [0.25, 0.3) is 0 Å². The van der Waals surface area contributed by atoms with Crippen molar-refractivity contribution in [1.82, 2.24) is 0 Å². The fourth-order valence-electron chi connectivity index (χ4n) is 1.11. The van der Waals surface area contributed by atoms with Crippen molar-refractivity contribution >= 4 is 0 Å². The highest BCUT2D eigenvalue weighted by molar-refractivity contribution is 5.29.